The van der Waals surface area contributed by atoms with Crippen molar-refractivity contribution in [2.75, 3.05) is 11.9 Å². The number of fused-ring (bicyclic) bond motifs is 3. The molecule has 4 rings (SSSR count). The molecule has 0 saturated carbocycles. The predicted octanol–water partition coefficient (Wildman–Crippen LogP) is 5.68. The van der Waals surface area contributed by atoms with Gasteiger partial charge in [0, 0.05) is 22.2 Å². The van der Waals surface area contributed by atoms with Crippen LogP contribution in [0.5, 0.6) is 0 Å². The monoisotopic (exact) mass is 492 g/mol. The fourth-order valence-corrected chi connectivity index (χ4v) is 4.57. The Kier molecular flexibility index (Phi) is 7.36. The zero-order valence-corrected chi connectivity index (χ0v) is 19.8. The van der Waals surface area contributed by atoms with Crippen LogP contribution in [-0.2, 0) is 9.53 Å². The smallest absolute Gasteiger partial charge is 0.411 e. The van der Waals surface area contributed by atoms with Crippen molar-refractivity contribution in [1.29, 1.82) is 0 Å². The molecule has 0 aliphatic heterocycles. The van der Waals surface area contributed by atoms with Crippen LogP contribution in [0, 0.1) is 0 Å². The van der Waals surface area contributed by atoms with E-state index >= 15 is 0 Å². The fraction of sp³-hybridized carbons (Fsp3) is 0.222. The summed E-state index contributed by atoms with van der Waals surface area (Å²) in [4.78, 5) is 36.5. The molecule has 0 heterocycles. The lowest BCUT2D eigenvalue weighted by atomic mass is 9.98. The van der Waals surface area contributed by atoms with Gasteiger partial charge in [-0.2, -0.15) is 0 Å². The molecular weight excluding hydrogens is 468 g/mol. The molecule has 35 heavy (non-hydrogen) atoms. The Morgan fingerprint density at radius 2 is 1.63 bits per heavy atom. The minimum Gasteiger partial charge on any atom is -0.480 e. The molecule has 0 radical (unpaired) electrons. The van der Waals surface area contributed by atoms with Gasteiger partial charge in [0.2, 0.25) is 0 Å². The van der Waals surface area contributed by atoms with Crippen molar-refractivity contribution < 1.29 is 24.2 Å². The van der Waals surface area contributed by atoms with E-state index in [0.29, 0.717) is 12.8 Å². The number of ether oxygens (including phenoxy) is 1. The number of rotatable bonds is 8. The van der Waals surface area contributed by atoms with Crippen molar-refractivity contribution in [1.82, 2.24) is 5.32 Å². The molecule has 3 aromatic rings. The Labute approximate surface area is 208 Å². The standard InChI is InChI=1S/C27H25ClN2O5/c1-2-7-24(26(32)33)30-25(31)16-12-17(28)14-18(13-16)29-27(34)35-15-23-21-10-5-3-8-19(21)20-9-4-6-11-22(20)23/h3-6,8-14,23-24H,2,7,15H2,1H3,(H,29,34)(H,30,31)(H,32,33). The highest BCUT2D eigenvalue weighted by Crippen LogP contribution is 2.44. The lowest BCUT2D eigenvalue weighted by Gasteiger charge is -2.16. The van der Waals surface area contributed by atoms with Gasteiger partial charge in [0.1, 0.15) is 12.6 Å². The second-order valence-electron chi connectivity index (χ2n) is 8.33. The number of hydrogen-bond acceptors (Lipinski definition) is 4. The Morgan fingerprint density at radius 3 is 2.23 bits per heavy atom. The summed E-state index contributed by atoms with van der Waals surface area (Å²) >= 11 is 6.14. The molecule has 0 spiro atoms. The molecule has 7 nitrogen and oxygen atoms in total. The molecule has 0 bridgehead atoms. The first-order valence-corrected chi connectivity index (χ1v) is 11.7. The molecule has 8 heteroatoms. The van der Waals surface area contributed by atoms with Crippen LogP contribution in [0.25, 0.3) is 11.1 Å². The van der Waals surface area contributed by atoms with E-state index in [-0.39, 0.29) is 28.8 Å². The van der Waals surface area contributed by atoms with E-state index in [9.17, 15) is 19.5 Å². The number of hydrogen-bond donors (Lipinski definition) is 3. The third-order valence-corrected chi connectivity index (χ3v) is 6.15. The topological polar surface area (TPSA) is 105 Å². The van der Waals surface area contributed by atoms with Gasteiger partial charge in [0.05, 0.1) is 0 Å². The average Bonchev–Trinajstić information content (AvgIpc) is 3.15. The summed E-state index contributed by atoms with van der Waals surface area (Å²) < 4.78 is 5.54. The molecule has 0 fully saturated rings. The van der Waals surface area contributed by atoms with Crippen molar-refractivity contribution >= 4 is 35.3 Å². The Balaban J connectivity index is 1.43. The number of carboxylic acids is 1. The van der Waals surface area contributed by atoms with Gasteiger partial charge in [0.15, 0.2) is 0 Å². The van der Waals surface area contributed by atoms with Crippen LogP contribution in [0.2, 0.25) is 5.02 Å². The molecule has 2 amide bonds. The average molecular weight is 493 g/mol. The largest absolute Gasteiger partial charge is 0.480 e. The first-order chi connectivity index (χ1) is 16.9. The molecule has 3 N–H and O–H groups in total. The maximum Gasteiger partial charge on any atom is 0.411 e. The molecule has 1 unspecified atom stereocenters. The number of aliphatic carboxylic acids is 1. The molecule has 3 aromatic carbocycles. The quantitative estimate of drug-likeness (QED) is 0.375. The highest BCUT2D eigenvalue weighted by Gasteiger charge is 2.29. The number of carbonyl (C=O) groups is 3. The number of carbonyl (C=O) groups excluding carboxylic acids is 2. The zero-order chi connectivity index (χ0) is 24.9. The molecule has 1 atom stereocenters. The SMILES string of the molecule is CCCC(NC(=O)c1cc(Cl)cc(NC(=O)OCC2c3ccccc3-c3ccccc32)c1)C(=O)O. The van der Waals surface area contributed by atoms with Crippen LogP contribution in [-0.4, -0.2) is 35.7 Å². The van der Waals surface area contributed by atoms with Gasteiger partial charge in [-0.25, -0.2) is 9.59 Å². The van der Waals surface area contributed by atoms with E-state index in [1.807, 2.05) is 43.3 Å². The number of carboxylic acid groups (broad SMARTS) is 1. The van der Waals surface area contributed by atoms with Crippen LogP contribution in [0.4, 0.5) is 10.5 Å². The molecule has 0 saturated heterocycles. The fourth-order valence-electron chi connectivity index (χ4n) is 4.33. The van der Waals surface area contributed by atoms with Gasteiger partial charge < -0.3 is 15.2 Å². The second-order valence-corrected chi connectivity index (χ2v) is 8.77. The van der Waals surface area contributed by atoms with E-state index in [1.54, 1.807) is 0 Å². The van der Waals surface area contributed by atoms with E-state index in [0.717, 1.165) is 22.3 Å². The van der Waals surface area contributed by atoms with Gasteiger partial charge in [-0.15, -0.1) is 0 Å². The maximum absolute atomic E-state index is 12.6. The van der Waals surface area contributed by atoms with Crippen molar-refractivity contribution in [2.24, 2.45) is 0 Å². The van der Waals surface area contributed by atoms with Crippen molar-refractivity contribution in [2.45, 2.75) is 31.7 Å². The van der Waals surface area contributed by atoms with Gasteiger partial charge in [0.25, 0.3) is 5.91 Å². The first-order valence-electron chi connectivity index (χ1n) is 11.3. The van der Waals surface area contributed by atoms with Crippen LogP contribution in [0.3, 0.4) is 0 Å². The lowest BCUT2D eigenvalue weighted by Crippen LogP contribution is -2.40. The van der Waals surface area contributed by atoms with Crippen LogP contribution in [0.1, 0.15) is 47.2 Å². The molecule has 180 valence electrons. The Bertz CT molecular complexity index is 1230. The van der Waals surface area contributed by atoms with Crippen molar-refractivity contribution in [3.63, 3.8) is 0 Å². The van der Waals surface area contributed by atoms with E-state index in [4.69, 9.17) is 16.3 Å². The van der Waals surface area contributed by atoms with Crippen molar-refractivity contribution in [3.05, 3.63) is 88.4 Å². The summed E-state index contributed by atoms with van der Waals surface area (Å²) in [5.74, 6) is -1.79. The van der Waals surface area contributed by atoms with Gasteiger partial charge >= 0.3 is 12.1 Å². The van der Waals surface area contributed by atoms with Gasteiger partial charge in [-0.05, 0) is 46.9 Å². The van der Waals surface area contributed by atoms with E-state index in [2.05, 4.69) is 22.8 Å². The lowest BCUT2D eigenvalue weighted by molar-refractivity contribution is -0.139. The normalized spacial score (nSPS) is 12.9. The summed E-state index contributed by atoms with van der Waals surface area (Å²) in [6.45, 7) is 1.98. The van der Waals surface area contributed by atoms with E-state index < -0.39 is 24.0 Å². The molecular formula is C27H25ClN2O5. The van der Waals surface area contributed by atoms with Crippen LogP contribution in [0.15, 0.2) is 66.7 Å². The predicted molar refractivity (Wildman–Crippen MR) is 134 cm³/mol. The Hall–Kier alpha value is -3.84. The highest BCUT2D eigenvalue weighted by atomic mass is 35.5. The van der Waals surface area contributed by atoms with E-state index in [1.165, 1.54) is 18.2 Å². The minimum atomic E-state index is -1.11. The number of benzene rings is 3. The highest BCUT2D eigenvalue weighted by molar-refractivity contribution is 6.31. The second kappa shape index (κ2) is 10.6. The van der Waals surface area contributed by atoms with Crippen LogP contribution >= 0.6 is 11.6 Å². The van der Waals surface area contributed by atoms with Crippen molar-refractivity contribution in [3.8, 4) is 11.1 Å². The molecule has 1 aliphatic rings. The molecule has 0 aromatic heterocycles. The number of amides is 2. The maximum atomic E-state index is 12.6. The Morgan fingerprint density at radius 1 is 1.00 bits per heavy atom. The zero-order valence-electron chi connectivity index (χ0n) is 19.1. The summed E-state index contributed by atoms with van der Waals surface area (Å²) in [6.07, 6.45) is 0.211. The summed E-state index contributed by atoms with van der Waals surface area (Å²) in [6, 6.07) is 19.4. The number of nitrogens with one attached hydrogen (secondary N) is 2. The number of halogens is 1. The number of anilines is 1. The van der Waals surface area contributed by atoms with Gasteiger partial charge in [-0.1, -0.05) is 73.5 Å². The molecule has 1 aliphatic carbocycles. The van der Waals surface area contributed by atoms with Crippen LogP contribution < -0.4 is 10.6 Å². The summed E-state index contributed by atoms with van der Waals surface area (Å²) in [5.41, 5.74) is 4.86. The van der Waals surface area contributed by atoms with Gasteiger partial charge in [-0.3, -0.25) is 10.1 Å². The third-order valence-electron chi connectivity index (χ3n) is 5.93. The minimum absolute atomic E-state index is 0.0830. The summed E-state index contributed by atoms with van der Waals surface area (Å²) in [7, 11) is 0. The third kappa shape index (κ3) is 5.46. The first kappa shape index (κ1) is 24.3. The summed E-state index contributed by atoms with van der Waals surface area (Å²) in [5, 5.41) is 14.6.